The van der Waals surface area contributed by atoms with Gasteiger partial charge < -0.3 is 19.7 Å². The summed E-state index contributed by atoms with van der Waals surface area (Å²) in [7, 11) is 2.09. The van der Waals surface area contributed by atoms with Crippen molar-refractivity contribution in [1.82, 2.24) is 24.7 Å². The van der Waals surface area contributed by atoms with Crippen LogP contribution >= 0.6 is 0 Å². The van der Waals surface area contributed by atoms with Crippen molar-refractivity contribution in [3.8, 4) is 0 Å². The monoisotopic (exact) mass is 459 g/mol. The third-order valence-electron chi connectivity index (χ3n) is 7.50. The Hall–Kier alpha value is -1.89. The lowest BCUT2D eigenvalue weighted by atomic mass is 9.91. The number of likely N-dealkylation sites (tertiary alicyclic amines) is 1. The smallest absolute Gasteiger partial charge is 0.245 e. The SMILES string of the molecule is Cc1nc(CC2CCN(C(=O)C(CC(C)C)N3CCN[C@@H](CC(C)C)C3=O)CC2)n(C)c1C. The Morgan fingerprint density at radius 3 is 2.30 bits per heavy atom. The van der Waals surface area contributed by atoms with Crippen molar-refractivity contribution < 1.29 is 9.59 Å². The molecule has 7 nitrogen and oxygen atoms in total. The number of hydrogen-bond donors (Lipinski definition) is 1. The van der Waals surface area contributed by atoms with Crippen LogP contribution in [0.5, 0.6) is 0 Å². The van der Waals surface area contributed by atoms with E-state index in [4.69, 9.17) is 4.98 Å². The zero-order valence-corrected chi connectivity index (χ0v) is 21.9. The first-order valence-electron chi connectivity index (χ1n) is 12.9. The van der Waals surface area contributed by atoms with Crippen molar-refractivity contribution in [2.75, 3.05) is 26.2 Å². The maximum atomic E-state index is 13.7. The van der Waals surface area contributed by atoms with Crippen LogP contribution in [0.1, 0.15) is 70.6 Å². The molecule has 3 rings (SSSR count). The summed E-state index contributed by atoms with van der Waals surface area (Å²) in [6, 6.07) is -0.512. The molecule has 2 fully saturated rings. The van der Waals surface area contributed by atoms with Gasteiger partial charge in [-0.3, -0.25) is 9.59 Å². The molecular weight excluding hydrogens is 414 g/mol. The molecule has 0 aliphatic carbocycles. The largest absolute Gasteiger partial charge is 0.341 e. The Labute approximate surface area is 200 Å². The molecule has 2 aliphatic rings. The number of carbonyl (C=O) groups is 2. The minimum Gasteiger partial charge on any atom is -0.341 e. The highest BCUT2D eigenvalue weighted by atomic mass is 16.2. The van der Waals surface area contributed by atoms with Crippen molar-refractivity contribution in [2.24, 2.45) is 24.8 Å². The van der Waals surface area contributed by atoms with E-state index in [0.717, 1.165) is 63.3 Å². The van der Waals surface area contributed by atoms with E-state index in [-0.39, 0.29) is 23.9 Å². The van der Waals surface area contributed by atoms with E-state index in [1.807, 2.05) is 9.80 Å². The van der Waals surface area contributed by atoms with Gasteiger partial charge in [-0.15, -0.1) is 0 Å². The molecule has 0 bridgehead atoms. The zero-order valence-electron chi connectivity index (χ0n) is 21.9. The number of hydrogen-bond acceptors (Lipinski definition) is 4. The number of nitrogens with zero attached hydrogens (tertiary/aromatic N) is 4. The lowest BCUT2D eigenvalue weighted by Gasteiger charge is -2.42. The van der Waals surface area contributed by atoms with Crippen LogP contribution in [0, 0.1) is 31.6 Å². The summed E-state index contributed by atoms with van der Waals surface area (Å²) in [6.45, 7) is 15.7. The van der Waals surface area contributed by atoms with Crippen molar-refractivity contribution in [3.63, 3.8) is 0 Å². The van der Waals surface area contributed by atoms with Gasteiger partial charge in [0.05, 0.1) is 11.7 Å². The van der Waals surface area contributed by atoms with Gasteiger partial charge in [0, 0.05) is 45.3 Å². The van der Waals surface area contributed by atoms with E-state index in [0.29, 0.717) is 24.3 Å². The van der Waals surface area contributed by atoms with Crippen LogP contribution < -0.4 is 5.32 Å². The molecule has 1 aromatic heterocycles. The fourth-order valence-electron chi connectivity index (χ4n) is 5.32. The predicted molar refractivity (Wildman–Crippen MR) is 132 cm³/mol. The van der Waals surface area contributed by atoms with Crippen LogP contribution in [0.2, 0.25) is 0 Å². The third-order valence-corrected chi connectivity index (χ3v) is 7.50. The van der Waals surface area contributed by atoms with Gasteiger partial charge in [-0.05, 0) is 57.3 Å². The lowest BCUT2D eigenvalue weighted by Crippen LogP contribution is -2.62. The highest BCUT2D eigenvalue weighted by molar-refractivity contribution is 5.90. The second kappa shape index (κ2) is 11.0. The fourth-order valence-corrected chi connectivity index (χ4v) is 5.32. The number of amides is 2. The molecule has 33 heavy (non-hydrogen) atoms. The molecule has 3 heterocycles. The van der Waals surface area contributed by atoms with Gasteiger partial charge in [0.2, 0.25) is 11.8 Å². The first-order valence-corrected chi connectivity index (χ1v) is 12.9. The predicted octanol–water partition coefficient (Wildman–Crippen LogP) is 3.08. The number of aryl methyl sites for hydroxylation is 1. The molecule has 0 radical (unpaired) electrons. The minimum atomic E-state index is -0.342. The van der Waals surface area contributed by atoms with E-state index >= 15 is 0 Å². The van der Waals surface area contributed by atoms with Gasteiger partial charge in [-0.25, -0.2) is 4.98 Å². The second-order valence-corrected chi connectivity index (χ2v) is 11.0. The quantitative estimate of drug-likeness (QED) is 0.649. The molecule has 2 aliphatic heterocycles. The Bertz CT molecular complexity index is 823. The molecule has 7 heteroatoms. The lowest BCUT2D eigenvalue weighted by molar-refractivity contribution is -0.150. The molecule has 186 valence electrons. The zero-order chi connectivity index (χ0) is 24.3. The number of imidazole rings is 1. The van der Waals surface area contributed by atoms with E-state index < -0.39 is 0 Å². The first kappa shape index (κ1) is 25.7. The number of piperazine rings is 1. The van der Waals surface area contributed by atoms with E-state index in [1.54, 1.807) is 0 Å². The summed E-state index contributed by atoms with van der Waals surface area (Å²) in [5, 5.41) is 3.37. The van der Waals surface area contributed by atoms with Crippen LogP contribution in [0.3, 0.4) is 0 Å². The summed E-state index contributed by atoms with van der Waals surface area (Å²) in [6.07, 6.45) is 4.50. The molecule has 0 saturated carbocycles. The van der Waals surface area contributed by atoms with Crippen LogP contribution in [-0.2, 0) is 23.1 Å². The summed E-state index contributed by atoms with van der Waals surface area (Å²) < 4.78 is 2.20. The molecule has 1 N–H and O–H groups in total. The standard InChI is InChI=1S/C26H45N5O2/c1-17(2)14-22-25(32)31(13-10-27-22)23(15-18(3)4)26(33)30-11-8-21(9-12-30)16-24-28-19(5)20(6)29(24)7/h17-18,21-23,27H,8-16H2,1-7H3/t22-,23?/m0/s1. The van der Waals surface area contributed by atoms with Crippen LogP contribution in [0.25, 0.3) is 0 Å². The van der Waals surface area contributed by atoms with Crippen molar-refractivity contribution in [3.05, 3.63) is 17.2 Å². The molecule has 2 atom stereocenters. The Kier molecular flexibility index (Phi) is 8.59. The summed E-state index contributed by atoms with van der Waals surface area (Å²) >= 11 is 0. The van der Waals surface area contributed by atoms with Crippen molar-refractivity contribution in [2.45, 2.75) is 85.7 Å². The molecule has 2 amide bonds. The van der Waals surface area contributed by atoms with E-state index in [1.165, 1.54) is 5.69 Å². The highest BCUT2D eigenvalue weighted by Crippen LogP contribution is 2.25. The average Bonchev–Trinajstić information content (AvgIpc) is 3.00. The molecule has 0 aromatic carbocycles. The minimum absolute atomic E-state index is 0.101. The van der Waals surface area contributed by atoms with Gasteiger partial charge in [-0.1, -0.05) is 27.7 Å². The van der Waals surface area contributed by atoms with E-state index in [9.17, 15) is 9.59 Å². The molecule has 1 unspecified atom stereocenters. The number of carbonyl (C=O) groups excluding carboxylic acids is 2. The highest BCUT2D eigenvalue weighted by Gasteiger charge is 2.39. The molecule has 1 aromatic rings. The fraction of sp³-hybridized carbons (Fsp3) is 0.808. The summed E-state index contributed by atoms with van der Waals surface area (Å²) in [4.78, 5) is 35.6. The van der Waals surface area contributed by atoms with Gasteiger partial charge in [-0.2, -0.15) is 0 Å². The summed E-state index contributed by atoms with van der Waals surface area (Å²) in [5.41, 5.74) is 2.33. The van der Waals surface area contributed by atoms with Crippen LogP contribution in [0.15, 0.2) is 0 Å². The van der Waals surface area contributed by atoms with Crippen molar-refractivity contribution in [1.29, 1.82) is 0 Å². The summed E-state index contributed by atoms with van der Waals surface area (Å²) in [5.74, 6) is 2.74. The van der Waals surface area contributed by atoms with E-state index in [2.05, 4.69) is 58.5 Å². The first-order chi connectivity index (χ1) is 15.6. The maximum absolute atomic E-state index is 13.7. The molecule has 2 saturated heterocycles. The van der Waals surface area contributed by atoms with Gasteiger partial charge in [0.1, 0.15) is 11.9 Å². The second-order valence-electron chi connectivity index (χ2n) is 11.0. The number of aromatic nitrogens is 2. The van der Waals surface area contributed by atoms with Crippen molar-refractivity contribution >= 4 is 11.8 Å². The van der Waals surface area contributed by atoms with Gasteiger partial charge in [0.25, 0.3) is 0 Å². The van der Waals surface area contributed by atoms with Crippen LogP contribution in [-0.4, -0.2) is 69.4 Å². The molecule has 0 spiro atoms. The molecular formula is C26H45N5O2. The third kappa shape index (κ3) is 6.17. The normalized spacial score (nSPS) is 21.4. The van der Waals surface area contributed by atoms with Crippen LogP contribution in [0.4, 0.5) is 0 Å². The van der Waals surface area contributed by atoms with Gasteiger partial charge in [0.15, 0.2) is 0 Å². The Balaban J connectivity index is 1.64. The van der Waals surface area contributed by atoms with Gasteiger partial charge >= 0.3 is 0 Å². The maximum Gasteiger partial charge on any atom is 0.245 e. The number of rotatable bonds is 8. The number of piperidine rings is 1. The number of nitrogens with one attached hydrogen (secondary N) is 1. The topological polar surface area (TPSA) is 70.5 Å². The Morgan fingerprint density at radius 1 is 1.09 bits per heavy atom. The average molecular weight is 460 g/mol. The Morgan fingerprint density at radius 2 is 1.76 bits per heavy atom.